The molecule has 0 unspecified atom stereocenters. The Morgan fingerprint density at radius 2 is 1.31 bits per heavy atom. The zero-order valence-corrected chi connectivity index (χ0v) is 16.4. The van der Waals surface area contributed by atoms with E-state index in [4.69, 9.17) is 13.3 Å². The van der Waals surface area contributed by atoms with Crippen molar-refractivity contribution >= 4 is 58.6 Å². The number of hydrogen-bond donors (Lipinski definition) is 0. The lowest BCUT2D eigenvalue weighted by Crippen LogP contribution is -2.41. The van der Waals surface area contributed by atoms with Gasteiger partial charge in [0.2, 0.25) is 0 Å². The van der Waals surface area contributed by atoms with Crippen LogP contribution in [0.1, 0.15) is 0 Å². The Hall–Kier alpha value is 1.23. The molecule has 0 atom stereocenters. The van der Waals surface area contributed by atoms with Crippen molar-refractivity contribution in [2.75, 3.05) is 21.3 Å². The minimum absolute atomic E-state index is 0.649. The second kappa shape index (κ2) is 10.2. The summed E-state index contributed by atoms with van der Waals surface area (Å²) in [5.41, 5.74) is 1.83. The van der Waals surface area contributed by atoms with Crippen LogP contribution in [0.5, 0.6) is 0 Å². The fraction of sp³-hybridized carbons (Fsp3) is 0.500. The molecule has 0 aliphatic rings. The van der Waals surface area contributed by atoms with E-state index in [1.807, 2.05) is 5.70 Å². The maximum atomic E-state index is 5.10. The summed E-state index contributed by atoms with van der Waals surface area (Å²) in [6.07, 6.45) is 1.74. The van der Waals surface area contributed by atoms with Crippen LogP contribution >= 0.6 is 45.9 Å². The standard InChI is InChI=1S/C6H14O3Si.C2H3Br3Si/c1-5-6-10(7-2,8-3)9-4;1-2-6(3,4)5/h5H,1,6H2,2-4H3;2H,1H2. The van der Waals surface area contributed by atoms with Crippen molar-refractivity contribution in [3.63, 3.8) is 0 Å². The molecule has 0 rings (SSSR count). The SMILES string of the molecule is C=CC[Si](OC)(OC)OC.C=C[Si](Br)(Br)Br. The summed E-state index contributed by atoms with van der Waals surface area (Å²) in [6.45, 7) is 7.14. The molecule has 0 saturated heterocycles. The van der Waals surface area contributed by atoms with Gasteiger partial charge in [-0.2, -0.15) is 0 Å². The van der Waals surface area contributed by atoms with Gasteiger partial charge in [0.15, 0.2) is 0 Å². The predicted molar refractivity (Wildman–Crippen MR) is 84.5 cm³/mol. The molecule has 0 aromatic carbocycles. The number of hydrogen-bond acceptors (Lipinski definition) is 3. The van der Waals surface area contributed by atoms with Crippen LogP contribution in [0.4, 0.5) is 0 Å². The van der Waals surface area contributed by atoms with Crippen molar-refractivity contribution in [1.82, 2.24) is 0 Å². The van der Waals surface area contributed by atoms with Gasteiger partial charge in [-0.05, 0) is 0 Å². The van der Waals surface area contributed by atoms with Gasteiger partial charge in [0, 0.05) is 27.4 Å². The maximum Gasteiger partial charge on any atom is 0.504 e. The van der Waals surface area contributed by atoms with Gasteiger partial charge in [-0.3, -0.25) is 0 Å². The van der Waals surface area contributed by atoms with Crippen LogP contribution < -0.4 is 0 Å². The van der Waals surface area contributed by atoms with Crippen LogP contribution in [0.3, 0.4) is 0 Å². The zero-order valence-electron chi connectivity index (χ0n) is 9.63. The minimum atomic E-state index is -2.34. The van der Waals surface area contributed by atoms with Crippen molar-refractivity contribution < 1.29 is 13.3 Å². The summed E-state index contributed by atoms with van der Waals surface area (Å²) in [5, 5.41) is 0. The highest BCUT2D eigenvalue weighted by Crippen LogP contribution is 2.27. The molecule has 0 N–H and O–H groups in total. The van der Waals surface area contributed by atoms with Crippen molar-refractivity contribution in [1.29, 1.82) is 0 Å². The van der Waals surface area contributed by atoms with Crippen LogP contribution in [-0.2, 0) is 13.3 Å². The third kappa shape index (κ3) is 10.4. The molecule has 96 valence electrons. The van der Waals surface area contributed by atoms with E-state index in [0.29, 0.717) is 6.04 Å². The molecule has 0 radical (unpaired) electrons. The van der Waals surface area contributed by atoms with E-state index in [1.54, 1.807) is 27.4 Å². The van der Waals surface area contributed by atoms with E-state index < -0.39 is 12.7 Å². The summed E-state index contributed by atoms with van der Waals surface area (Å²) in [5.74, 6) is 0. The maximum absolute atomic E-state index is 5.10. The van der Waals surface area contributed by atoms with Crippen molar-refractivity contribution in [3.05, 3.63) is 24.9 Å². The van der Waals surface area contributed by atoms with Crippen molar-refractivity contribution in [2.45, 2.75) is 6.04 Å². The third-order valence-corrected chi connectivity index (χ3v) is 7.59. The Kier molecular flexibility index (Phi) is 12.5. The zero-order chi connectivity index (χ0) is 13.2. The fourth-order valence-electron chi connectivity index (χ4n) is 0.677. The molecule has 0 aromatic rings. The van der Waals surface area contributed by atoms with Crippen molar-refractivity contribution in [2.24, 2.45) is 0 Å². The normalized spacial score (nSPS) is 11.4. The summed E-state index contributed by atoms with van der Waals surface area (Å²) in [4.78, 5) is 0. The van der Waals surface area contributed by atoms with Crippen LogP contribution in [0, 0.1) is 0 Å². The molecular formula is C8H17Br3O3Si2. The molecule has 16 heavy (non-hydrogen) atoms. The first-order valence-electron chi connectivity index (χ1n) is 4.27. The molecule has 0 aliphatic heterocycles. The lowest BCUT2D eigenvalue weighted by Gasteiger charge is -2.22. The second-order valence-corrected chi connectivity index (χ2v) is 27.9. The summed E-state index contributed by atoms with van der Waals surface area (Å²) in [6, 6.07) is 0.649. The fourth-order valence-corrected chi connectivity index (χ4v) is 2.03. The molecule has 0 bridgehead atoms. The first kappa shape index (κ1) is 19.6. The molecule has 0 spiro atoms. The van der Waals surface area contributed by atoms with Gasteiger partial charge in [0.05, 0.1) is 0 Å². The molecule has 0 heterocycles. The smallest absolute Gasteiger partial charge is 0.377 e. The van der Waals surface area contributed by atoms with E-state index >= 15 is 0 Å². The Balaban J connectivity index is 0. The molecule has 3 nitrogen and oxygen atoms in total. The predicted octanol–water partition coefficient (Wildman–Crippen LogP) is 3.89. The highest BCUT2D eigenvalue weighted by atomic mass is 80.0. The molecule has 0 saturated carbocycles. The average Bonchev–Trinajstić information content (AvgIpc) is 2.26. The van der Waals surface area contributed by atoms with Gasteiger partial charge in [0.25, 0.3) is 3.93 Å². The lowest BCUT2D eigenvalue weighted by atomic mass is 10.8. The monoisotopic (exact) mass is 454 g/mol. The van der Waals surface area contributed by atoms with E-state index in [-0.39, 0.29) is 0 Å². The lowest BCUT2D eigenvalue weighted by molar-refractivity contribution is 0.127. The Morgan fingerprint density at radius 3 is 1.38 bits per heavy atom. The Labute approximate surface area is 123 Å². The molecule has 0 amide bonds. The van der Waals surface area contributed by atoms with Crippen LogP contribution in [0.15, 0.2) is 24.9 Å². The van der Waals surface area contributed by atoms with Crippen LogP contribution in [-0.4, -0.2) is 34.1 Å². The largest absolute Gasteiger partial charge is 0.504 e. The molecule has 0 fully saturated rings. The second-order valence-electron chi connectivity index (χ2n) is 2.53. The topological polar surface area (TPSA) is 27.7 Å². The van der Waals surface area contributed by atoms with Crippen molar-refractivity contribution in [3.8, 4) is 0 Å². The molecule has 0 aromatic heterocycles. The van der Waals surface area contributed by atoms with Gasteiger partial charge < -0.3 is 13.3 Å². The third-order valence-electron chi connectivity index (χ3n) is 1.56. The van der Waals surface area contributed by atoms with E-state index in [1.165, 1.54) is 0 Å². The first-order chi connectivity index (χ1) is 7.30. The van der Waals surface area contributed by atoms with Crippen LogP contribution in [0.25, 0.3) is 0 Å². The summed E-state index contributed by atoms with van der Waals surface area (Å²) < 4.78 is 13.9. The summed E-state index contributed by atoms with van der Waals surface area (Å²) in [7, 11) is 2.42. The van der Waals surface area contributed by atoms with Gasteiger partial charge in [-0.25, -0.2) is 0 Å². The summed E-state index contributed by atoms with van der Waals surface area (Å²) >= 11 is 9.99. The van der Waals surface area contributed by atoms with Gasteiger partial charge in [0.1, 0.15) is 0 Å². The number of halogens is 3. The molecule has 0 aliphatic carbocycles. The molecule has 8 heteroatoms. The first-order valence-corrected chi connectivity index (χ1v) is 15.1. The van der Waals surface area contributed by atoms with Gasteiger partial charge in [-0.1, -0.05) is 57.7 Å². The Morgan fingerprint density at radius 1 is 1.00 bits per heavy atom. The van der Waals surface area contributed by atoms with E-state index in [2.05, 4.69) is 59.0 Å². The highest BCUT2D eigenvalue weighted by Gasteiger charge is 2.35. The molecular weight excluding hydrogens is 440 g/mol. The number of allylic oxidation sites excluding steroid dienone is 1. The minimum Gasteiger partial charge on any atom is -0.377 e. The Bertz CT molecular complexity index is 197. The van der Waals surface area contributed by atoms with E-state index in [9.17, 15) is 0 Å². The highest BCUT2D eigenvalue weighted by molar-refractivity contribution is 9.72. The van der Waals surface area contributed by atoms with Gasteiger partial charge >= 0.3 is 8.80 Å². The number of rotatable bonds is 6. The van der Waals surface area contributed by atoms with E-state index in [0.717, 1.165) is 0 Å². The van der Waals surface area contributed by atoms with Gasteiger partial charge in [-0.15, -0.1) is 13.2 Å². The quantitative estimate of drug-likeness (QED) is 0.345. The average molecular weight is 457 g/mol. The van der Waals surface area contributed by atoms with Crippen LogP contribution in [0.2, 0.25) is 6.04 Å².